The summed E-state index contributed by atoms with van der Waals surface area (Å²) < 4.78 is 5.57. The van der Waals surface area contributed by atoms with E-state index in [1.54, 1.807) is 24.3 Å². The zero-order valence-corrected chi connectivity index (χ0v) is 19.1. The summed E-state index contributed by atoms with van der Waals surface area (Å²) in [7, 11) is 0. The van der Waals surface area contributed by atoms with E-state index in [9.17, 15) is 14.7 Å². The van der Waals surface area contributed by atoms with E-state index in [4.69, 9.17) is 4.74 Å². The summed E-state index contributed by atoms with van der Waals surface area (Å²) in [6, 6.07) is 16.0. The number of ether oxygens (including phenoxy) is 1. The third-order valence-corrected chi connectivity index (χ3v) is 7.68. The van der Waals surface area contributed by atoms with Crippen molar-refractivity contribution in [3.63, 3.8) is 0 Å². The van der Waals surface area contributed by atoms with E-state index in [0.29, 0.717) is 43.1 Å². The number of rotatable bonds is 8. The first-order valence-corrected chi connectivity index (χ1v) is 12.4. The molecule has 0 spiro atoms. The minimum Gasteiger partial charge on any atom is -0.393 e. The Hall–Kier alpha value is -2.50. The Morgan fingerprint density at radius 1 is 0.909 bits per heavy atom. The SMILES string of the molecule is O=C(CCC(O)CCC1Cc2ccccc2C1)c1ccc(C(=O)N2C3CCC2COC3)cc1. The van der Waals surface area contributed by atoms with Crippen LogP contribution < -0.4 is 0 Å². The molecule has 2 aromatic carbocycles. The Balaban J connectivity index is 1.08. The summed E-state index contributed by atoms with van der Waals surface area (Å²) in [5.41, 5.74) is 4.11. The van der Waals surface area contributed by atoms with Crippen LogP contribution in [0.4, 0.5) is 0 Å². The Labute approximate surface area is 195 Å². The van der Waals surface area contributed by atoms with Crippen molar-refractivity contribution in [2.75, 3.05) is 13.2 Å². The lowest BCUT2D eigenvalue weighted by atomic mass is 9.95. The molecule has 3 aliphatic rings. The van der Waals surface area contributed by atoms with Gasteiger partial charge in [-0.15, -0.1) is 0 Å². The van der Waals surface area contributed by atoms with Gasteiger partial charge in [0.2, 0.25) is 0 Å². The van der Waals surface area contributed by atoms with Crippen LogP contribution in [0.1, 0.15) is 70.4 Å². The number of Topliss-reactive ketones (excluding diaryl/α,β-unsaturated/α-hetero) is 1. The van der Waals surface area contributed by atoms with Gasteiger partial charge in [0, 0.05) is 17.5 Å². The molecule has 2 fully saturated rings. The van der Waals surface area contributed by atoms with Crippen molar-refractivity contribution in [3.8, 4) is 0 Å². The summed E-state index contributed by atoms with van der Waals surface area (Å²) in [6.07, 6.45) is 6.29. The number of fused-ring (bicyclic) bond motifs is 3. The van der Waals surface area contributed by atoms with Gasteiger partial charge in [-0.05, 0) is 74.1 Å². The molecular formula is C28H33NO4. The van der Waals surface area contributed by atoms with E-state index in [-0.39, 0.29) is 23.8 Å². The number of benzene rings is 2. The molecule has 2 aliphatic heterocycles. The standard InChI is InChI=1S/C28H33NO4/c30-26(12-5-19-15-22-3-1-2-4-23(22)16-19)13-14-27(31)20-6-8-21(9-7-20)28(32)29-24-10-11-25(29)18-33-17-24/h1-4,6-9,19,24-26,30H,5,10-18H2. The van der Waals surface area contributed by atoms with Crippen LogP contribution in [0.2, 0.25) is 0 Å². The Morgan fingerprint density at radius 3 is 2.15 bits per heavy atom. The average molecular weight is 448 g/mol. The first-order valence-electron chi connectivity index (χ1n) is 12.4. The maximum atomic E-state index is 13.0. The number of hydrogen-bond donors (Lipinski definition) is 1. The van der Waals surface area contributed by atoms with E-state index in [1.807, 2.05) is 4.90 Å². The zero-order valence-electron chi connectivity index (χ0n) is 19.1. The van der Waals surface area contributed by atoms with Crippen LogP contribution in [0.5, 0.6) is 0 Å². The number of nitrogens with zero attached hydrogens (tertiary/aromatic N) is 1. The summed E-state index contributed by atoms with van der Waals surface area (Å²) in [5, 5.41) is 10.4. The first-order chi connectivity index (χ1) is 16.1. The Bertz CT molecular complexity index is 960. The van der Waals surface area contributed by atoms with Gasteiger partial charge in [0.25, 0.3) is 5.91 Å². The third-order valence-electron chi connectivity index (χ3n) is 7.68. The van der Waals surface area contributed by atoms with E-state index < -0.39 is 6.10 Å². The molecule has 3 atom stereocenters. The molecule has 5 nitrogen and oxygen atoms in total. The van der Waals surface area contributed by atoms with Gasteiger partial charge in [-0.25, -0.2) is 0 Å². The van der Waals surface area contributed by atoms with Crippen LogP contribution in [-0.2, 0) is 17.6 Å². The van der Waals surface area contributed by atoms with Crippen molar-refractivity contribution in [2.45, 2.75) is 69.6 Å². The van der Waals surface area contributed by atoms with Crippen molar-refractivity contribution in [3.05, 3.63) is 70.8 Å². The lowest BCUT2D eigenvalue weighted by Crippen LogP contribution is -2.49. The number of ketones is 1. The normalized spacial score (nSPS) is 22.9. The van der Waals surface area contributed by atoms with Gasteiger partial charge in [0.1, 0.15) is 0 Å². The van der Waals surface area contributed by atoms with Crippen LogP contribution in [0.25, 0.3) is 0 Å². The lowest BCUT2D eigenvalue weighted by molar-refractivity contribution is -0.00716. The molecule has 2 aromatic rings. The molecule has 0 saturated carbocycles. The largest absolute Gasteiger partial charge is 0.393 e. The first kappa shape index (κ1) is 22.3. The predicted molar refractivity (Wildman–Crippen MR) is 126 cm³/mol. The number of aliphatic hydroxyl groups excluding tert-OH is 1. The second-order valence-electron chi connectivity index (χ2n) is 9.95. The zero-order chi connectivity index (χ0) is 22.8. The predicted octanol–water partition coefficient (Wildman–Crippen LogP) is 4.21. The number of amides is 1. The van der Waals surface area contributed by atoms with Gasteiger partial charge in [-0.1, -0.05) is 36.4 Å². The van der Waals surface area contributed by atoms with Crippen LogP contribution in [0, 0.1) is 5.92 Å². The van der Waals surface area contributed by atoms with E-state index in [1.165, 1.54) is 11.1 Å². The highest BCUT2D eigenvalue weighted by molar-refractivity contribution is 5.99. The molecule has 2 heterocycles. The van der Waals surface area contributed by atoms with Gasteiger partial charge in [-0.2, -0.15) is 0 Å². The number of hydrogen-bond acceptors (Lipinski definition) is 4. The minimum atomic E-state index is -0.449. The molecule has 1 amide bonds. The maximum Gasteiger partial charge on any atom is 0.254 e. The highest BCUT2D eigenvalue weighted by atomic mass is 16.5. The Kier molecular flexibility index (Phi) is 6.61. The summed E-state index contributed by atoms with van der Waals surface area (Å²) >= 11 is 0. The van der Waals surface area contributed by atoms with Crippen molar-refractivity contribution >= 4 is 11.7 Å². The summed E-state index contributed by atoms with van der Waals surface area (Å²) in [4.78, 5) is 27.6. The molecule has 0 radical (unpaired) electrons. The van der Waals surface area contributed by atoms with Gasteiger partial charge >= 0.3 is 0 Å². The highest BCUT2D eigenvalue weighted by Gasteiger charge is 2.40. The molecule has 0 aromatic heterocycles. The van der Waals surface area contributed by atoms with E-state index >= 15 is 0 Å². The number of morpholine rings is 1. The monoisotopic (exact) mass is 447 g/mol. The van der Waals surface area contributed by atoms with Crippen molar-refractivity contribution in [1.82, 2.24) is 4.90 Å². The van der Waals surface area contributed by atoms with Gasteiger partial charge in [0.05, 0.1) is 31.4 Å². The van der Waals surface area contributed by atoms with Crippen LogP contribution in [0.3, 0.4) is 0 Å². The fraction of sp³-hybridized carbons (Fsp3) is 0.500. The molecule has 174 valence electrons. The van der Waals surface area contributed by atoms with Crippen LogP contribution in [0.15, 0.2) is 48.5 Å². The highest BCUT2D eigenvalue weighted by Crippen LogP contribution is 2.31. The minimum absolute atomic E-state index is 0.0211. The number of carbonyl (C=O) groups is 2. The smallest absolute Gasteiger partial charge is 0.254 e. The third kappa shape index (κ3) is 4.90. The van der Waals surface area contributed by atoms with Crippen LogP contribution in [-0.4, -0.2) is 53.1 Å². The fourth-order valence-electron chi connectivity index (χ4n) is 5.78. The van der Waals surface area contributed by atoms with E-state index in [0.717, 1.165) is 38.5 Å². The second kappa shape index (κ2) is 9.78. The second-order valence-corrected chi connectivity index (χ2v) is 9.95. The molecule has 5 heteroatoms. The molecule has 3 unspecified atom stereocenters. The van der Waals surface area contributed by atoms with Crippen LogP contribution >= 0.6 is 0 Å². The molecule has 1 N–H and O–H groups in total. The quantitative estimate of drug-likeness (QED) is 0.616. The molecule has 2 bridgehead atoms. The van der Waals surface area contributed by atoms with Crippen molar-refractivity contribution in [1.29, 1.82) is 0 Å². The number of aliphatic hydroxyl groups is 1. The van der Waals surface area contributed by atoms with Gasteiger partial charge in [-0.3, -0.25) is 9.59 Å². The van der Waals surface area contributed by atoms with Gasteiger partial charge in [0.15, 0.2) is 5.78 Å². The van der Waals surface area contributed by atoms with Crippen molar-refractivity contribution in [2.24, 2.45) is 5.92 Å². The topological polar surface area (TPSA) is 66.8 Å². The molecule has 33 heavy (non-hydrogen) atoms. The average Bonchev–Trinajstić information content (AvgIpc) is 3.37. The summed E-state index contributed by atoms with van der Waals surface area (Å²) in [5.74, 6) is 0.654. The number of carbonyl (C=O) groups excluding carboxylic acids is 2. The molecule has 5 rings (SSSR count). The molecule has 2 saturated heterocycles. The van der Waals surface area contributed by atoms with Gasteiger partial charge < -0.3 is 14.7 Å². The maximum absolute atomic E-state index is 13.0. The fourth-order valence-corrected chi connectivity index (χ4v) is 5.78. The van der Waals surface area contributed by atoms with E-state index in [2.05, 4.69) is 24.3 Å². The Morgan fingerprint density at radius 2 is 1.52 bits per heavy atom. The lowest BCUT2D eigenvalue weighted by Gasteiger charge is -2.34. The molecule has 1 aliphatic carbocycles. The summed E-state index contributed by atoms with van der Waals surface area (Å²) in [6.45, 7) is 1.24. The molecular weight excluding hydrogens is 414 g/mol. The van der Waals surface area contributed by atoms with Crippen molar-refractivity contribution < 1.29 is 19.4 Å².